The van der Waals surface area contributed by atoms with E-state index in [9.17, 15) is 8.42 Å². The molecule has 1 saturated heterocycles. The van der Waals surface area contributed by atoms with E-state index >= 15 is 0 Å². The first-order chi connectivity index (χ1) is 9.55. The van der Waals surface area contributed by atoms with E-state index in [0.717, 1.165) is 37.6 Å². The number of aromatic nitrogens is 1. The second-order valence-corrected chi connectivity index (χ2v) is 6.93. The van der Waals surface area contributed by atoms with E-state index in [2.05, 4.69) is 19.9 Å². The summed E-state index contributed by atoms with van der Waals surface area (Å²) >= 11 is 0. The highest BCUT2D eigenvalue weighted by atomic mass is 32.2. The summed E-state index contributed by atoms with van der Waals surface area (Å²) in [6, 6.07) is 5.60. The average molecular weight is 298 g/mol. The van der Waals surface area contributed by atoms with Gasteiger partial charge in [-0.05, 0) is 19.1 Å². The Morgan fingerprint density at radius 3 is 2.80 bits per heavy atom. The predicted octanol–water partition coefficient (Wildman–Crippen LogP) is -0.285. The van der Waals surface area contributed by atoms with Crippen molar-refractivity contribution in [1.82, 2.24) is 19.9 Å². The Morgan fingerprint density at radius 1 is 1.35 bits per heavy atom. The van der Waals surface area contributed by atoms with Gasteiger partial charge < -0.3 is 5.32 Å². The average Bonchev–Trinajstić information content (AvgIpc) is 2.45. The number of hydrogen-bond acceptors (Lipinski definition) is 5. The third-order valence-corrected chi connectivity index (χ3v) is 4.61. The molecular formula is C13H22N4O2S. The summed E-state index contributed by atoms with van der Waals surface area (Å²) in [5.74, 6) is 0.138. The first kappa shape index (κ1) is 15.4. The molecule has 2 rings (SSSR count). The molecule has 20 heavy (non-hydrogen) atoms. The fourth-order valence-corrected chi connectivity index (χ4v) is 3.15. The van der Waals surface area contributed by atoms with Gasteiger partial charge in [-0.3, -0.25) is 9.88 Å². The first-order valence-corrected chi connectivity index (χ1v) is 8.53. The summed E-state index contributed by atoms with van der Waals surface area (Å²) in [7, 11) is -3.24. The minimum Gasteiger partial charge on any atom is -0.314 e. The topological polar surface area (TPSA) is 74.3 Å². The zero-order chi connectivity index (χ0) is 14.4. The molecule has 0 atom stereocenters. The maximum atomic E-state index is 12.0. The highest BCUT2D eigenvalue weighted by Crippen LogP contribution is 1.99. The highest BCUT2D eigenvalue weighted by Gasteiger charge is 2.15. The van der Waals surface area contributed by atoms with Gasteiger partial charge in [0.05, 0.1) is 18.0 Å². The van der Waals surface area contributed by atoms with Crippen LogP contribution in [0.25, 0.3) is 0 Å². The fourth-order valence-electron chi connectivity index (χ4n) is 2.14. The lowest BCUT2D eigenvalue weighted by Gasteiger charge is -2.26. The van der Waals surface area contributed by atoms with Crippen LogP contribution in [-0.4, -0.2) is 56.8 Å². The van der Waals surface area contributed by atoms with E-state index < -0.39 is 10.0 Å². The molecule has 2 heterocycles. The van der Waals surface area contributed by atoms with Crippen LogP contribution in [-0.2, 0) is 16.6 Å². The standard InChI is InChI=1S/C13H22N4O2S/c1-12-3-2-4-13(16-12)11-15-20(18,19)10-9-17-7-5-14-6-8-17/h2-4,14-15H,5-11H2,1H3. The zero-order valence-electron chi connectivity index (χ0n) is 11.8. The van der Waals surface area contributed by atoms with E-state index in [1.54, 1.807) is 0 Å². The van der Waals surface area contributed by atoms with Gasteiger partial charge in [0, 0.05) is 38.4 Å². The molecule has 6 nitrogen and oxygen atoms in total. The maximum Gasteiger partial charge on any atom is 0.213 e. The summed E-state index contributed by atoms with van der Waals surface area (Å²) in [5, 5.41) is 3.25. The van der Waals surface area contributed by atoms with Gasteiger partial charge in [0.1, 0.15) is 0 Å². The van der Waals surface area contributed by atoms with Gasteiger partial charge in [-0.2, -0.15) is 0 Å². The predicted molar refractivity (Wildman–Crippen MR) is 78.9 cm³/mol. The van der Waals surface area contributed by atoms with E-state index in [4.69, 9.17) is 0 Å². The normalized spacial score (nSPS) is 17.2. The quantitative estimate of drug-likeness (QED) is 0.755. The number of nitrogens with one attached hydrogen (secondary N) is 2. The maximum absolute atomic E-state index is 12.0. The van der Waals surface area contributed by atoms with Crippen molar-refractivity contribution in [2.45, 2.75) is 13.5 Å². The molecule has 0 aromatic carbocycles. The third kappa shape index (κ3) is 5.16. The first-order valence-electron chi connectivity index (χ1n) is 6.88. The van der Waals surface area contributed by atoms with Crippen molar-refractivity contribution in [3.8, 4) is 0 Å². The number of piperazine rings is 1. The van der Waals surface area contributed by atoms with Gasteiger partial charge in [-0.1, -0.05) is 6.07 Å². The van der Waals surface area contributed by atoms with Crippen molar-refractivity contribution in [3.63, 3.8) is 0 Å². The van der Waals surface area contributed by atoms with Gasteiger partial charge in [0.25, 0.3) is 0 Å². The molecule has 0 bridgehead atoms. The van der Waals surface area contributed by atoms with Crippen LogP contribution in [0.5, 0.6) is 0 Å². The Balaban J connectivity index is 1.78. The van der Waals surface area contributed by atoms with E-state index in [-0.39, 0.29) is 12.3 Å². The Morgan fingerprint density at radius 2 is 2.10 bits per heavy atom. The van der Waals surface area contributed by atoms with Gasteiger partial charge in [0.2, 0.25) is 10.0 Å². The monoisotopic (exact) mass is 298 g/mol. The Bertz CT molecular complexity index is 527. The second kappa shape index (κ2) is 7.12. The van der Waals surface area contributed by atoms with Gasteiger partial charge in [0.15, 0.2) is 0 Å². The second-order valence-electron chi connectivity index (χ2n) is 5.00. The molecule has 1 aliphatic rings. The highest BCUT2D eigenvalue weighted by molar-refractivity contribution is 7.89. The van der Waals surface area contributed by atoms with Crippen molar-refractivity contribution >= 4 is 10.0 Å². The number of hydrogen-bond donors (Lipinski definition) is 2. The number of aryl methyl sites for hydroxylation is 1. The molecule has 0 radical (unpaired) electrons. The number of rotatable bonds is 6. The lowest BCUT2D eigenvalue weighted by molar-refractivity contribution is 0.253. The van der Waals surface area contributed by atoms with Crippen LogP contribution in [0.15, 0.2) is 18.2 Å². The smallest absolute Gasteiger partial charge is 0.213 e. The van der Waals surface area contributed by atoms with Gasteiger partial charge in [-0.15, -0.1) is 0 Å². The molecular weight excluding hydrogens is 276 g/mol. The summed E-state index contributed by atoms with van der Waals surface area (Å²) in [5.41, 5.74) is 1.64. The molecule has 0 unspecified atom stereocenters. The summed E-state index contributed by atoms with van der Waals surface area (Å²) in [6.07, 6.45) is 0. The van der Waals surface area contributed by atoms with Crippen molar-refractivity contribution in [1.29, 1.82) is 0 Å². The van der Waals surface area contributed by atoms with Crippen LogP contribution < -0.4 is 10.0 Å². The Kier molecular flexibility index (Phi) is 5.47. The molecule has 2 N–H and O–H groups in total. The largest absolute Gasteiger partial charge is 0.314 e. The van der Waals surface area contributed by atoms with Crippen LogP contribution in [0.3, 0.4) is 0 Å². The minimum absolute atomic E-state index is 0.138. The van der Waals surface area contributed by atoms with Crippen LogP contribution in [0.1, 0.15) is 11.4 Å². The van der Waals surface area contributed by atoms with Gasteiger partial charge in [-0.25, -0.2) is 13.1 Å². The van der Waals surface area contributed by atoms with Crippen LogP contribution in [0, 0.1) is 6.92 Å². The molecule has 1 aliphatic heterocycles. The molecule has 0 spiro atoms. The lowest BCUT2D eigenvalue weighted by Crippen LogP contribution is -2.45. The molecule has 0 amide bonds. The lowest BCUT2D eigenvalue weighted by atomic mass is 10.3. The molecule has 1 fully saturated rings. The number of sulfonamides is 1. The Hall–Kier alpha value is -1.02. The molecule has 0 saturated carbocycles. The molecule has 0 aliphatic carbocycles. The van der Waals surface area contributed by atoms with Crippen LogP contribution >= 0.6 is 0 Å². The molecule has 112 valence electrons. The van der Waals surface area contributed by atoms with Crippen molar-refractivity contribution in [3.05, 3.63) is 29.6 Å². The van der Waals surface area contributed by atoms with E-state index in [1.807, 2.05) is 25.1 Å². The number of nitrogens with zero attached hydrogens (tertiary/aromatic N) is 2. The van der Waals surface area contributed by atoms with Gasteiger partial charge >= 0.3 is 0 Å². The summed E-state index contributed by atoms with van der Waals surface area (Å²) < 4.78 is 26.5. The summed E-state index contributed by atoms with van der Waals surface area (Å²) in [4.78, 5) is 6.45. The van der Waals surface area contributed by atoms with Crippen molar-refractivity contribution in [2.75, 3.05) is 38.5 Å². The Labute approximate surface area is 120 Å². The fraction of sp³-hybridized carbons (Fsp3) is 0.615. The number of pyridine rings is 1. The van der Waals surface area contributed by atoms with Crippen molar-refractivity contribution in [2.24, 2.45) is 0 Å². The molecule has 7 heteroatoms. The summed E-state index contributed by atoms with van der Waals surface area (Å²) in [6.45, 7) is 6.41. The van der Waals surface area contributed by atoms with Crippen LogP contribution in [0.2, 0.25) is 0 Å². The van der Waals surface area contributed by atoms with Crippen LogP contribution in [0.4, 0.5) is 0 Å². The zero-order valence-corrected chi connectivity index (χ0v) is 12.6. The minimum atomic E-state index is -3.24. The molecule has 1 aromatic rings. The van der Waals surface area contributed by atoms with Crippen molar-refractivity contribution < 1.29 is 8.42 Å². The van der Waals surface area contributed by atoms with E-state index in [1.165, 1.54) is 0 Å². The third-order valence-electron chi connectivity index (χ3n) is 3.31. The van der Waals surface area contributed by atoms with E-state index in [0.29, 0.717) is 6.54 Å². The molecule has 1 aromatic heterocycles. The SMILES string of the molecule is Cc1cccc(CNS(=O)(=O)CCN2CCNCC2)n1.